The van der Waals surface area contributed by atoms with Crippen molar-refractivity contribution < 1.29 is 9.84 Å². The largest absolute Gasteiger partial charge is 0.507 e. The maximum absolute atomic E-state index is 10.6. The highest BCUT2D eigenvalue weighted by Crippen LogP contribution is 2.33. The van der Waals surface area contributed by atoms with Crippen LogP contribution in [0, 0.1) is 5.92 Å². The maximum Gasteiger partial charge on any atom is 0.233 e. The van der Waals surface area contributed by atoms with Crippen LogP contribution < -0.4 is 15.0 Å². The van der Waals surface area contributed by atoms with Crippen LogP contribution in [-0.2, 0) is 0 Å². The molecule has 3 heterocycles. The summed E-state index contributed by atoms with van der Waals surface area (Å²) < 4.78 is 5.12. The highest BCUT2D eigenvalue weighted by Gasteiger charge is 2.27. The summed E-state index contributed by atoms with van der Waals surface area (Å²) in [6.45, 7) is 3.09. The Labute approximate surface area is 181 Å². The van der Waals surface area contributed by atoms with Crippen molar-refractivity contribution in [2.45, 2.75) is 25.3 Å². The molecule has 1 aliphatic carbocycles. The molecule has 1 saturated heterocycles. The number of hydrogen-bond acceptors (Lipinski definition) is 8. The lowest BCUT2D eigenvalue weighted by molar-refractivity contribution is 0.392. The van der Waals surface area contributed by atoms with Gasteiger partial charge in [0, 0.05) is 36.3 Å². The summed E-state index contributed by atoms with van der Waals surface area (Å²) in [4.78, 5) is 2.27. The number of ether oxygens (including phenoxy) is 1. The Hall–Kier alpha value is -3.26. The van der Waals surface area contributed by atoms with Crippen molar-refractivity contribution in [3.63, 3.8) is 0 Å². The predicted octanol–water partition coefficient (Wildman–Crippen LogP) is 2.89. The van der Waals surface area contributed by atoms with Crippen molar-refractivity contribution in [2.24, 2.45) is 5.92 Å². The third kappa shape index (κ3) is 4.44. The number of nitrogens with zero attached hydrogens (tertiary/aromatic N) is 5. The summed E-state index contributed by atoms with van der Waals surface area (Å²) in [6, 6.07) is 11.7. The first-order valence-electron chi connectivity index (χ1n) is 10.7. The zero-order valence-electron chi connectivity index (χ0n) is 17.5. The molecule has 0 amide bonds. The maximum atomic E-state index is 10.6. The molecule has 8 heteroatoms. The first kappa shape index (κ1) is 19.7. The average molecular weight is 419 g/mol. The molecule has 1 saturated carbocycles. The van der Waals surface area contributed by atoms with Gasteiger partial charge in [0.1, 0.15) is 5.75 Å². The highest BCUT2D eigenvalue weighted by atomic mass is 16.5. The minimum atomic E-state index is 0.140. The van der Waals surface area contributed by atoms with Crippen LogP contribution in [0.3, 0.4) is 0 Å². The summed E-state index contributed by atoms with van der Waals surface area (Å²) in [5.74, 6) is 2.34. The molecule has 1 aliphatic heterocycles. The van der Waals surface area contributed by atoms with Gasteiger partial charge in [-0.15, -0.1) is 15.3 Å². The second-order valence-electron chi connectivity index (χ2n) is 8.28. The molecule has 5 rings (SSSR count). The first-order valence-corrected chi connectivity index (χ1v) is 10.7. The SMILES string of the molecule is COc1cc(-c2ccc(-c3ccc(N4CC[C@@H](NCC5CC5)C4)nn3)c(O)c2)cnn1. The number of aromatic nitrogens is 4. The Morgan fingerprint density at radius 3 is 2.71 bits per heavy atom. The fourth-order valence-electron chi connectivity index (χ4n) is 3.96. The topological polar surface area (TPSA) is 96.3 Å². The van der Waals surface area contributed by atoms with Gasteiger partial charge in [0.25, 0.3) is 0 Å². The van der Waals surface area contributed by atoms with Crippen molar-refractivity contribution in [3.8, 4) is 34.0 Å². The fourth-order valence-corrected chi connectivity index (χ4v) is 3.96. The van der Waals surface area contributed by atoms with E-state index in [0.29, 0.717) is 23.2 Å². The minimum absolute atomic E-state index is 0.140. The summed E-state index contributed by atoms with van der Waals surface area (Å²) >= 11 is 0. The van der Waals surface area contributed by atoms with Gasteiger partial charge >= 0.3 is 0 Å². The van der Waals surface area contributed by atoms with Crippen LogP contribution in [0.2, 0.25) is 0 Å². The molecule has 2 N–H and O–H groups in total. The Balaban J connectivity index is 1.28. The van der Waals surface area contributed by atoms with Crippen molar-refractivity contribution in [1.29, 1.82) is 0 Å². The van der Waals surface area contributed by atoms with Gasteiger partial charge in [0.2, 0.25) is 5.88 Å². The van der Waals surface area contributed by atoms with E-state index >= 15 is 0 Å². The molecule has 0 spiro atoms. The summed E-state index contributed by atoms with van der Waals surface area (Å²) in [5.41, 5.74) is 2.91. The van der Waals surface area contributed by atoms with E-state index in [1.54, 1.807) is 25.4 Å². The van der Waals surface area contributed by atoms with Crippen LogP contribution in [0.15, 0.2) is 42.6 Å². The van der Waals surface area contributed by atoms with E-state index in [0.717, 1.165) is 48.9 Å². The number of hydrogen-bond donors (Lipinski definition) is 2. The van der Waals surface area contributed by atoms with Gasteiger partial charge in [-0.25, -0.2) is 0 Å². The average Bonchev–Trinajstić information content (AvgIpc) is 3.53. The Kier molecular flexibility index (Phi) is 5.38. The number of rotatable bonds is 7. The molecular weight excluding hydrogens is 392 g/mol. The monoisotopic (exact) mass is 418 g/mol. The Bertz CT molecular complexity index is 1050. The van der Waals surface area contributed by atoms with E-state index in [9.17, 15) is 5.11 Å². The minimum Gasteiger partial charge on any atom is -0.507 e. The molecule has 3 aromatic rings. The lowest BCUT2D eigenvalue weighted by Crippen LogP contribution is -2.34. The molecule has 0 radical (unpaired) electrons. The third-order valence-electron chi connectivity index (χ3n) is 6.00. The van der Waals surface area contributed by atoms with Crippen LogP contribution in [0.4, 0.5) is 5.82 Å². The van der Waals surface area contributed by atoms with Gasteiger partial charge in [0.05, 0.1) is 19.0 Å². The van der Waals surface area contributed by atoms with Crippen LogP contribution in [0.1, 0.15) is 19.3 Å². The van der Waals surface area contributed by atoms with Crippen LogP contribution in [-0.4, -0.2) is 58.3 Å². The van der Waals surface area contributed by atoms with Gasteiger partial charge < -0.3 is 20.1 Å². The normalized spacial score (nSPS) is 18.4. The number of phenols is 1. The second kappa shape index (κ2) is 8.47. The molecule has 0 unspecified atom stereocenters. The second-order valence-corrected chi connectivity index (χ2v) is 8.28. The van der Waals surface area contributed by atoms with E-state index in [4.69, 9.17) is 4.74 Å². The quantitative estimate of drug-likeness (QED) is 0.605. The molecule has 2 aliphatic rings. The number of nitrogens with one attached hydrogen (secondary N) is 1. The molecule has 2 aromatic heterocycles. The molecular formula is C23H26N6O2. The van der Waals surface area contributed by atoms with Crippen molar-refractivity contribution >= 4 is 5.82 Å². The van der Waals surface area contributed by atoms with E-state index < -0.39 is 0 Å². The summed E-state index contributed by atoms with van der Waals surface area (Å²) in [5, 5.41) is 30.9. The van der Waals surface area contributed by atoms with Crippen molar-refractivity contribution in [3.05, 3.63) is 42.6 Å². The zero-order chi connectivity index (χ0) is 21.2. The number of benzene rings is 1. The number of phenolic OH excluding ortho intramolecular Hbond substituents is 1. The van der Waals surface area contributed by atoms with Gasteiger partial charge in [-0.1, -0.05) is 6.07 Å². The van der Waals surface area contributed by atoms with E-state index in [1.807, 2.05) is 24.3 Å². The molecule has 8 nitrogen and oxygen atoms in total. The van der Waals surface area contributed by atoms with E-state index in [1.165, 1.54) is 12.8 Å². The van der Waals surface area contributed by atoms with E-state index in [-0.39, 0.29) is 5.75 Å². The predicted molar refractivity (Wildman–Crippen MR) is 118 cm³/mol. The molecule has 2 fully saturated rings. The third-order valence-corrected chi connectivity index (χ3v) is 6.00. The van der Waals surface area contributed by atoms with Gasteiger partial charge in [-0.2, -0.15) is 5.10 Å². The molecule has 31 heavy (non-hydrogen) atoms. The van der Waals surface area contributed by atoms with Crippen LogP contribution in [0.5, 0.6) is 11.6 Å². The van der Waals surface area contributed by atoms with Gasteiger partial charge in [-0.3, -0.25) is 0 Å². The zero-order valence-corrected chi connectivity index (χ0v) is 17.5. The number of methoxy groups -OCH3 is 1. The smallest absolute Gasteiger partial charge is 0.233 e. The number of aromatic hydroxyl groups is 1. The van der Waals surface area contributed by atoms with Crippen LogP contribution >= 0.6 is 0 Å². The van der Waals surface area contributed by atoms with Crippen LogP contribution in [0.25, 0.3) is 22.4 Å². The summed E-state index contributed by atoms with van der Waals surface area (Å²) in [6.07, 6.45) is 5.51. The van der Waals surface area contributed by atoms with E-state index in [2.05, 4.69) is 30.6 Å². The standard InChI is InChI=1S/C23H26N6O2/c1-31-23-11-17(13-25-28-23)16-4-5-19(21(30)10-16)20-6-7-22(27-26-20)29-9-8-18(14-29)24-12-15-2-3-15/h4-7,10-11,13,15,18,24,30H,2-3,8-9,12,14H2,1H3/t18-/m1/s1. The highest BCUT2D eigenvalue weighted by molar-refractivity contribution is 5.74. The lowest BCUT2D eigenvalue weighted by atomic mass is 10.0. The molecule has 1 aromatic carbocycles. The fraction of sp³-hybridized carbons (Fsp3) is 0.391. The Morgan fingerprint density at radius 1 is 1.06 bits per heavy atom. The molecule has 160 valence electrons. The van der Waals surface area contributed by atoms with Gasteiger partial charge in [0.15, 0.2) is 5.82 Å². The Morgan fingerprint density at radius 2 is 1.97 bits per heavy atom. The number of anilines is 1. The van der Waals surface area contributed by atoms with Crippen molar-refractivity contribution in [1.82, 2.24) is 25.7 Å². The lowest BCUT2D eigenvalue weighted by Gasteiger charge is -2.17. The molecule has 0 bridgehead atoms. The summed E-state index contributed by atoms with van der Waals surface area (Å²) in [7, 11) is 1.55. The van der Waals surface area contributed by atoms with Gasteiger partial charge in [-0.05, 0) is 61.6 Å². The van der Waals surface area contributed by atoms with Crippen molar-refractivity contribution in [2.75, 3.05) is 31.6 Å². The first-order chi connectivity index (χ1) is 15.2. The molecule has 1 atom stereocenters.